The fourth-order valence-corrected chi connectivity index (χ4v) is 2.52. The first kappa shape index (κ1) is 14.2. The number of rotatable bonds is 7. The highest BCUT2D eigenvalue weighted by atomic mass is 32.2. The molecule has 1 aromatic carbocycles. The highest BCUT2D eigenvalue weighted by Gasteiger charge is 2.12. The second-order valence-corrected chi connectivity index (χ2v) is 5.53. The van der Waals surface area contributed by atoms with E-state index in [1.807, 2.05) is 13.8 Å². The van der Waals surface area contributed by atoms with E-state index in [1.165, 1.54) is 0 Å². The Hall–Kier alpha value is -0.910. The van der Waals surface area contributed by atoms with Crippen molar-refractivity contribution in [2.75, 3.05) is 13.2 Å². The first-order chi connectivity index (χ1) is 8.06. The smallest absolute Gasteiger partial charge is 0.240 e. The van der Waals surface area contributed by atoms with Gasteiger partial charge in [0.1, 0.15) is 0 Å². The number of ether oxygens (including phenoxy) is 1. The van der Waals surface area contributed by atoms with Crippen LogP contribution in [0.25, 0.3) is 0 Å². The second kappa shape index (κ2) is 6.74. The summed E-state index contributed by atoms with van der Waals surface area (Å²) in [6, 6.07) is 8.35. The fraction of sp³-hybridized carbons (Fsp3) is 0.500. The Morgan fingerprint density at radius 3 is 2.53 bits per heavy atom. The predicted molar refractivity (Wildman–Crippen MR) is 67.3 cm³/mol. The summed E-state index contributed by atoms with van der Waals surface area (Å²) in [7, 11) is -3.38. The molecule has 0 spiro atoms. The van der Waals surface area contributed by atoms with Crippen molar-refractivity contribution in [3.05, 3.63) is 30.3 Å². The Balaban J connectivity index is 2.46. The van der Waals surface area contributed by atoms with E-state index in [9.17, 15) is 8.42 Å². The molecule has 1 unspecified atom stereocenters. The van der Waals surface area contributed by atoms with Gasteiger partial charge in [0.15, 0.2) is 0 Å². The molecule has 1 atom stereocenters. The van der Waals surface area contributed by atoms with Crippen LogP contribution in [0, 0.1) is 0 Å². The number of sulfonamides is 1. The van der Waals surface area contributed by atoms with Gasteiger partial charge in [0.05, 0.1) is 11.0 Å². The van der Waals surface area contributed by atoms with Crippen LogP contribution in [0.15, 0.2) is 35.2 Å². The van der Waals surface area contributed by atoms with Gasteiger partial charge in [0.2, 0.25) is 10.0 Å². The van der Waals surface area contributed by atoms with Gasteiger partial charge in [-0.3, -0.25) is 0 Å². The van der Waals surface area contributed by atoms with Crippen LogP contribution < -0.4 is 4.72 Å². The molecule has 1 aromatic rings. The molecule has 0 amide bonds. The maximum atomic E-state index is 11.8. The van der Waals surface area contributed by atoms with Gasteiger partial charge in [0, 0.05) is 13.2 Å². The summed E-state index contributed by atoms with van der Waals surface area (Å²) in [5.74, 6) is 0. The molecule has 0 bridgehead atoms. The number of hydrogen-bond donors (Lipinski definition) is 1. The van der Waals surface area contributed by atoms with Crippen molar-refractivity contribution in [3.8, 4) is 0 Å². The Labute approximate surface area is 103 Å². The van der Waals surface area contributed by atoms with E-state index < -0.39 is 10.0 Å². The van der Waals surface area contributed by atoms with Gasteiger partial charge in [-0.2, -0.15) is 0 Å². The van der Waals surface area contributed by atoms with E-state index in [1.54, 1.807) is 30.3 Å². The number of hydrogen-bond acceptors (Lipinski definition) is 3. The predicted octanol–water partition coefficient (Wildman–Crippen LogP) is 1.78. The topological polar surface area (TPSA) is 55.4 Å². The van der Waals surface area contributed by atoms with Crippen molar-refractivity contribution in [1.82, 2.24) is 4.72 Å². The van der Waals surface area contributed by atoms with Crippen LogP contribution in [0.2, 0.25) is 0 Å². The van der Waals surface area contributed by atoms with Crippen LogP contribution in [-0.2, 0) is 14.8 Å². The van der Waals surface area contributed by atoms with Crippen LogP contribution in [0.3, 0.4) is 0 Å². The lowest BCUT2D eigenvalue weighted by molar-refractivity contribution is 0.0715. The Morgan fingerprint density at radius 2 is 1.94 bits per heavy atom. The second-order valence-electron chi connectivity index (χ2n) is 3.77. The third-order valence-corrected chi connectivity index (χ3v) is 3.82. The highest BCUT2D eigenvalue weighted by molar-refractivity contribution is 7.89. The molecule has 0 radical (unpaired) electrons. The Morgan fingerprint density at radius 1 is 1.29 bits per heavy atom. The molecule has 0 saturated carbocycles. The van der Waals surface area contributed by atoms with E-state index in [-0.39, 0.29) is 6.10 Å². The van der Waals surface area contributed by atoms with Gasteiger partial charge < -0.3 is 4.74 Å². The Kier molecular flexibility index (Phi) is 5.61. The summed E-state index contributed by atoms with van der Waals surface area (Å²) >= 11 is 0. The van der Waals surface area contributed by atoms with Gasteiger partial charge in [-0.15, -0.1) is 0 Å². The minimum Gasteiger partial charge on any atom is -0.379 e. The average molecular weight is 257 g/mol. The zero-order chi connectivity index (χ0) is 12.7. The molecule has 0 aliphatic carbocycles. The summed E-state index contributed by atoms with van der Waals surface area (Å²) in [6.45, 7) is 4.88. The van der Waals surface area contributed by atoms with Crippen molar-refractivity contribution >= 4 is 10.0 Å². The quantitative estimate of drug-likeness (QED) is 0.810. The summed E-state index contributed by atoms with van der Waals surface area (Å²) in [4.78, 5) is 0.295. The van der Waals surface area contributed by atoms with Crippen molar-refractivity contribution < 1.29 is 13.2 Å². The molecule has 0 aromatic heterocycles. The summed E-state index contributed by atoms with van der Waals surface area (Å²) in [6.07, 6.45) is 0.735. The molecule has 1 rings (SSSR count). The fourth-order valence-electron chi connectivity index (χ4n) is 1.45. The molecular weight excluding hydrogens is 238 g/mol. The van der Waals surface area contributed by atoms with E-state index in [4.69, 9.17) is 4.74 Å². The van der Waals surface area contributed by atoms with E-state index in [0.717, 1.165) is 0 Å². The van der Waals surface area contributed by atoms with Crippen LogP contribution in [0.5, 0.6) is 0 Å². The summed E-state index contributed by atoms with van der Waals surface area (Å²) < 4.78 is 31.5. The Bertz CT molecular complexity index is 417. The molecule has 1 N–H and O–H groups in total. The molecule has 0 saturated heterocycles. The van der Waals surface area contributed by atoms with Crippen molar-refractivity contribution in [2.24, 2.45) is 0 Å². The average Bonchev–Trinajstić information content (AvgIpc) is 2.30. The molecule has 5 heteroatoms. The zero-order valence-corrected chi connectivity index (χ0v) is 11.0. The minimum atomic E-state index is -3.38. The molecular formula is C12H19NO3S. The third kappa shape index (κ3) is 4.85. The van der Waals surface area contributed by atoms with Crippen LogP contribution >= 0.6 is 0 Å². The molecule has 0 aliphatic rings. The lowest BCUT2D eigenvalue weighted by Gasteiger charge is -2.12. The maximum absolute atomic E-state index is 11.8. The van der Waals surface area contributed by atoms with Gasteiger partial charge in [-0.05, 0) is 32.4 Å². The lowest BCUT2D eigenvalue weighted by atomic mass is 10.3. The summed E-state index contributed by atoms with van der Waals surface area (Å²) in [5.41, 5.74) is 0. The standard InChI is InChI=1S/C12H19NO3S/c1-3-16-11(2)9-10-13-17(14,15)12-7-5-4-6-8-12/h4-8,11,13H,3,9-10H2,1-2H3. The number of benzene rings is 1. The first-order valence-electron chi connectivity index (χ1n) is 5.72. The van der Waals surface area contributed by atoms with Gasteiger partial charge >= 0.3 is 0 Å². The molecule has 96 valence electrons. The van der Waals surface area contributed by atoms with Crippen LogP contribution in [-0.4, -0.2) is 27.7 Å². The molecule has 0 aliphatic heterocycles. The van der Waals surface area contributed by atoms with E-state index in [2.05, 4.69) is 4.72 Å². The molecule has 17 heavy (non-hydrogen) atoms. The normalized spacial score (nSPS) is 13.5. The monoisotopic (exact) mass is 257 g/mol. The van der Waals surface area contributed by atoms with Crippen molar-refractivity contribution in [1.29, 1.82) is 0 Å². The lowest BCUT2D eigenvalue weighted by Crippen LogP contribution is -2.27. The highest BCUT2D eigenvalue weighted by Crippen LogP contribution is 2.07. The molecule has 0 heterocycles. The molecule has 0 fully saturated rings. The maximum Gasteiger partial charge on any atom is 0.240 e. The zero-order valence-electron chi connectivity index (χ0n) is 10.2. The minimum absolute atomic E-state index is 0.0680. The third-order valence-electron chi connectivity index (χ3n) is 2.35. The van der Waals surface area contributed by atoms with Crippen LogP contribution in [0.1, 0.15) is 20.3 Å². The summed E-state index contributed by atoms with van der Waals surface area (Å²) in [5, 5.41) is 0. The first-order valence-corrected chi connectivity index (χ1v) is 7.21. The van der Waals surface area contributed by atoms with Gasteiger partial charge in [-0.1, -0.05) is 18.2 Å². The van der Waals surface area contributed by atoms with Crippen molar-refractivity contribution in [3.63, 3.8) is 0 Å². The van der Waals surface area contributed by atoms with E-state index >= 15 is 0 Å². The SMILES string of the molecule is CCOC(C)CCNS(=O)(=O)c1ccccc1. The number of nitrogens with one attached hydrogen (secondary N) is 1. The van der Waals surface area contributed by atoms with Crippen LogP contribution in [0.4, 0.5) is 0 Å². The molecule has 4 nitrogen and oxygen atoms in total. The largest absolute Gasteiger partial charge is 0.379 e. The van der Waals surface area contributed by atoms with Gasteiger partial charge in [-0.25, -0.2) is 13.1 Å². The van der Waals surface area contributed by atoms with E-state index in [0.29, 0.717) is 24.5 Å². The van der Waals surface area contributed by atoms with Crippen molar-refractivity contribution in [2.45, 2.75) is 31.3 Å². The van der Waals surface area contributed by atoms with Gasteiger partial charge in [0.25, 0.3) is 0 Å².